The number of hydrogen-bond donors (Lipinski definition) is 0. The van der Waals surface area contributed by atoms with E-state index in [0.717, 1.165) is 0 Å². The molecule has 0 saturated heterocycles. The summed E-state index contributed by atoms with van der Waals surface area (Å²) >= 11 is 0. The summed E-state index contributed by atoms with van der Waals surface area (Å²) in [5.41, 5.74) is 1.21. The van der Waals surface area contributed by atoms with Gasteiger partial charge in [0, 0.05) is 5.92 Å². The van der Waals surface area contributed by atoms with Gasteiger partial charge >= 0.3 is 0 Å². The Labute approximate surface area is 86.3 Å². The summed E-state index contributed by atoms with van der Waals surface area (Å²) in [7, 11) is 0. The third kappa shape index (κ3) is 2.64. The molecule has 0 heteroatoms. The van der Waals surface area contributed by atoms with Crippen LogP contribution in [0.25, 0.3) is 0 Å². The quantitative estimate of drug-likeness (QED) is 0.585. The lowest BCUT2D eigenvalue weighted by Gasteiger charge is -1.95. The third-order valence-corrected chi connectivity index (χ3v) is 2.68. The van der Waals surface area contributed by atoms with E-state index in [1.54, 1.807) is 0 Å². The van der Waals surface area contributed by atoms with Crippen LogP contribution in [-0.4, -0.2) is 0 Å². The highest BCUT2D eigenvalue weighted by Crippen LogP contribution is 2.23. The van der Waals surface area contributed by atoms with Crippen LogP contribution in [0.2, 0.25) is 0 Å². The summed E-state index contributed by atoms with van der Waals surface area (Å²) in [4.78, 5) is 0. The standard InChI is InChI=1S/C14H15/c1-2-7-13(8-3-1)11-6-12-14-9-4-5-10-14/h1-3,7-8,11,14H,4-5,9-10H2. The van der Waals surface area contributed by atoms with E-state index >= 15 is 0 Å². The van der Waals surface area contributed by atoms with Gasteiger partial charge in [0.15, 0.2) is 0 Å². The van der Waals surface area contributed by atoms with Crippen molar-refractivity contribution in [3.05, 3.63) is 42.3 Å². The van der Waals surface area contributed by atoms with Gasteiger partial charge in [0.2, 0.25) is 0 Å². The van der Waals surface area contributed by atoms with Crippen LogP contribution in [0.3, 0.4) is 0 Å². The third-order valence-electron chi connectivity index (χ3n) is 2.68. The molecule has 1 fully saturated rings. The molecule has 0 aliphatic heterocycles. The fraction of sp³-hybridized carbons (Fsp3) is 0.357. The zero-order valence-corrected chi connectivity index (χ0v) is 8.37. The Morgan fingerprint density at radius 2 is 1.79 bits per heavy atom. The zero-order valence-electron chi connectivity index (χ0n) is 8.37. The van der Waals surface area contributed by atoms with Crippen molar-refractivity contribution in [2.24, 2.45) is 5.92 Å². The van der Waals surface area contributed by atoms with Crippen molar-refractivity contribution in [1.82, 2.24) is 0 Å². The molecular formula is C14H15. The Bertz CT molecular complexity index is 320. The van der Waals surface area contributed by atoms with Gasteiger partial charge < -0.3 is 0 Å². The van der Waals surface area contributed by atoms with Crippen molar-refractivity contribution in [2.45, 2.75) is 25.7 Å². The molecule has 1 aromatic rings. The van der Waals surface area contributed by atoms with Crippen LogP contribution in [0.1, 0.15) is 31.2 Å². The van der Waals surface area contributed by atoms with Crippen molar-refractivity contribution in [1.29, 1.82) is 0 Å². The number of benzene rings is 1. The molecule has 0 heterocycles. The van der Waals surface area contributed by atoms with Crippen molar-refractivity contribution < 1.29 is 0 Å². The van der Waals surface area contributed by atoms with Gasteiger partial charge in [-0.05, 0) is 18.4 Å². The van der Waals surface area contributed by atoms with E-state index in [1.807, 2.05) is 24.6 Å². The van der Waals surface area contributed by atoms with Crippen LogP contribution >= 0.6 is 0 Å². The fourth-order valence-electron chi connectivity index (χ4n) is 1.86. The Hall–Kier alpha value is -1.22. The summed E-state index contributed by atoms with van der Waals surface area (Å²) < 4.78 is 0. The predicted octanol–water partition coefficient (Wildman–Crippen LogP) is 3.43. The number of hydrogen-bond acceptors (Lipinski definition) is 0. The lowest BCUT2D eigenvalue weighted by molar-refractivity contribution is 0.712. The second-order valence-corrected chi connectivity index (χ2v) is 3.83. The molecular weight excluding hydrogens is 168 g/mol. The van der Waals surface area contributed by atoms with Gasteiger partial charge in [0.1, 0.15) is 0 Å². The molecule has 0 N–H and O–H groups in total. The highest BCUT2D eigenvalue weighted by molar-refractivity contribution is 5.32. The van der Waals surface area contributed by atoms with Gasteiger partial charge in [-0.1, -0.05) is 55.0 Å². The second kappa shape index (κ2) is 4.86. The molecule has 14 heavy (non-hydrogen) atoms. The first-order valence-corrected chi connectivity index (χ1v) is 5.34. The zero-order chi connectivity index (χ0) is 9.64. The van der Waals surface area contributed by atoms with Crippen LogP contribution in [0.5, 0.6) is 0 Å². The molecule has 1 aromatic carbocycles. The lowest BCUT2D eigenvalue weighted by Crippen LogP contribution is -1.86. The van der Waals surface area contributed by atoms with E-state index in [-0.39, 0.29) is 0 Å². The Morgan fingerprint density at radius 1 is 1.07 bits per heavy atom. The molecule has 0 atom stereocenters. The molecule has 0 aromatic heterocycles. The maximum Gasteiger partial charge on any atom is 0.0630 e. The van der Waals surface area contributed by atoms with Crippen molar-refractivity contribution in [3.8, 4) is 11.8 Å². The summed E-state index contributed by atoms with van der Waals surface area (Å²) in [6, 6.07) is 10.3. The van der Waals surface area contributed by atoms with E-state index in [9.17, 15) is 0 Å². The van der Waals surface area contributed by atoms with Gasteiger partial charge in [-0.3, -0.25) is 0 Å². The molecule has 71 valence electrons. The highest BCUT2D eigenvalue weighted by atomic mass is 14.1. The van der Waals surface area contributed by atoms with Crippen molar-refractivity contribution in [3.63, 3.8) is 0 Å². The molecule has 0 nitrogen and oxygen atoms in total. The van der Waals surface area contributed by atoms with E-state index in [2.05, 4.69) is 24.0 Å². The maximum atomic E-state index is 3.32. The average Bonchev–Trinajstić information content (AvgIpc) is 2.72. The molecule has 1 saturated carbocycles. The lowest BCUT2D eigenvalue weighted by atomic mass is 10.1. The molecule has 1 radical (unpaired) electrons. The first-order valence-electron chi connectivity index (χ1n) is 5.34. The Balaban J connectivity index is 1.87. The van der Waals surface area contributed by atoms with Gasteiger partial charge in [-0.2, -0.15) is 0 Å². The largest absolute Gasteiger partial charge is 0.0992 e. The number of rotatable bonds is 1. The molecule has 0 amide bonds. The summed E-state index contributed by atoms with van der Waals surface area (Å²) in [6.45, 7) is 0. The van der Waals surface area contributed by atoms with E-state index in [4.69, 9.17) is 0 Å². The monoisotopic (exact) mass is 183 g/mol. The van der Waals surface area contributed by atoms with Crippen LogP contribution < -0.4 is 0 Å². The smallest absolute Gasteiger partial charge is 0.0630 e. The van der Waals surface area contributed by atoms with Crippen LogP contribution in [0, 0.1) is 24.2 Å². The van der Waals surface area contributed by atoms with E-state index in [1.165, 1.54) is 31.2 Å². The van der Waals surface area contributed by atoms with Gasteiger partial charge in [-0.25, -0.2) is 0 Å². The molecule has 0 bridgehead atoms. The molecule has 0 spiro atoms. The summed E-state index contributed by atoms with van der Waals surface area (Å²) in [5, 5.41) is 0. The second-order valence-electron chi connectivity index (χ2n) is 3.83. The topological polar surface area (TPSA) is 0 Å². The van der Waals surface area contributed by atoms with E-state index in [0.29, 0.717) is 5.92 Å². The van der Waals surface area contributed by atoms with Gasteiger partial charge in [0.25, 0.3) is 0 Å². The van der Waals surface area contributed by atoms with E-state index < -0.39 is 0 Å². The van der Waals surface area contributed by atoms with Crippen molar-refractivity contribution in [2.75, 3.05) is 0 Å². The predicted molar refractivity (Wildman–Crippen MR) is 59.6 cm³/mol. The summed E-state index contributed by atoms with van der Waals surface area (Å²) in [5.74, 6) is 7.16. The van der Waals surface area contributed by atoms with Crippen LogP contribution in [-0.2, 0) is 0 Å². The minimum absolute atomic E-state index is 0.662. The average molecular weight is 183 g/mol. The molecule has 1 aliphatic carbocycles. The first-order chi connectivity index (χ1) is 6.95. The van der Waals surface area contributed by atoms with Gasteiger partial charge in [0.05, 0.1) is 6.42 Å². The summed E-state index contributed by atoms with van der Waals surface area (Å²) in [6.07, 6.45) is 7.35. The van der Waals surface area contributed by atoms with Crippen LogP contribution in [0.4, 0.5) is 0 Å². The SMILES string of the molecule is C(#CC1CCCC1)[CH]c1ccccc1. The molecule has 0 unspecified atom stereocenters. The molecule has 2 rings (SSSR count). The minimum atomic E-state index is 0.662. The fourth-order valence-corrected chi connectivity index (χ4v) is 1.86. The van der Waals surface area contributed by atoms with Crippen LogP contribution in [0.15, 0.2) is 30.3 Å². The Morgan fingerprint density at radius 3 is 2.50 bits per heavy atom. The molecule has 1 aliphatic rings. The Kier molecular flexibility index (Phi) is 3.24. The first kappa shape index (κ1) is 9.34. The minimum Gasteiger partial charge on any atom is -0.0992 e. The van der Waals surface area contributed by atoms with Gasteiger partial charge in [-0.15, -0.1) is 0 Å². The highest BCUT2D eigenvalue weighted by Gasteiger charge is 2.11. The maximum absolute atomic E-state index is 3.32. The van der Waals surface area contributed by atoms with Crippen molar-refractivity contribution >= 4 is 0 Å². The normalized spacial score (nSPS) is 16.3.